The molecule has 6 nitrogen and oxygen atoms in total. The molecule has 1 aromatic carbocycles. The fourth-order valence-corrected chi connectivity index (χ4v) is 3.09. The van der Waals surface area contributed by atoms with Crippen LogP contribution >= 0.6 is 0 Å². The summed E-state index contributed by atoms with van der Waals surface area (Å²) in [6, 6.07) is 1.88. The van der Waals surface area contributed by atoms with E-state index in [4.69, 9.17) is 0 Å². The molecule has 1 aromatic rings. The molecule has 1 aliphatic carbocycles. The molecule has 2 fully saturated rings. The number of halogens is 1. The Bertz CT molecular complexity index is 557. The largest absolute Gasteiger partial charge is 0.502 e. The van der Waals surface area contributed by atoms with Crippen molar-refractivity contribution in [3.05, 3.63) is 33.6 Å². The summed E-state index contributed by atoms with van der Waals surface area (Å²) >= 11 is 0. The summed E-state index contributed by atoms with van der Waals surface area (Å²) < 4.78 is 13.7. The summed E-state index contributed by atoms with van der Waals surface area (Å²) in [6.45, 7) is 3.26. The van der Waals surface area contributed by atoms with Gasteiger partial charge in [-0.15, -0.1) is 0 Å². The Balaban J connectivity index is 2.00. The number of hydrogen-bond donors (Lipinski definition) is 2. The molecule has 0 spiro atoms. The summed E-state index contributed by atoms with van der Waals surface area (Å²) in [5, 5.41) is 24.4. The van der Waals surface area contributed by atoms with Crippen LogP contribution in [0.1, 0.15) is 24.4 Å². The highest BCUT2D eigenvalue weighted by atomic mass is 19.1. The van der Waals surface area contributed by atoms with E-state index >= 15 is 0 Å². The first-order valence-corrected chi connectivity index (χ1v) is 7.19. The number of nitrogens with one attached hydrogen (secondary N) is 1. The number of hydrogen-bond acceptors (Lipinski definition) is 5. The Morgan fingerprint density at radius 1 is 1.38 bits per heavy atom. The van der Waals surface area contributed by atoms with Gasteiger partial charge in [-0.3, -0.25) is 15.0 Å². The fourth-order valence-electron chi connectivity index (χ4n) is 3.09. The zero-order valence-corrected chi connectivity index (χ0v) is 11.6. The molecule has 1 atom stereocenters. The van der Waals surface area contributed by atoms with Crippen LogP contribution in [0.25, 0.3) is 0 Å². The second kappa shape index (κ2) is 5.57. The van der Waals surface area contributed by atoms with E-state index in [1.54, 1.807) is 0 Å². The topological polar surface area (TPSA) is 78.6 Å². The van der Waals surface area contributed by atoms with Crippen molar-refractivity contribution in [2.45, 2.75) is 18.9 Å². The van der Waals surface area contributed by atoms with Crippen molar-refractivity contribution < 1.29 is 14.4 Å². The normalized spacial score (nSPS) is 21.2. The number of piperazine rings is 1. The van der Waals surface area contributed by atoms with Crippen LogP contribution in [0.2, 0.25) is 0 Å². The van der Waals surface area contributed by atoms with Gasteiger partial charge in [0.1, 0.15) is 5.82 Å². The van der Waals surface area contributed by atoms with Gasteiger partial charge < -0.3 is 10.4 Å². The Morgan fingerprint density at radius 3 is 2.62 bits per heavy atom. The first-order valence-electron chi connectivity index (χ1n) is 7.19. The van der Waals surface area contributed by atoms with E-state index < -0.39 is 22.2 Å². The molecule has 1 saturated heterocycles. The molecule has 7 heteroatoms. The quantitative estimate of drug-likeness (QED) is 0.654. The molecule has 1 aliphatic heterocycles. The van der Waals surface area contributed by atoms with Gasteiger partial charge >= 0.3 is 5.69 Å². The molecule has 0 amide bonds. The third-order valence-electron chi connectivity index (χ3n) is 4.21. The van der Waals surface area contributed by atoms with Gasteiger partial charge in [-0.1, -0.05) is 0 Å². The fraction of sp³-hybridized carbons (Fsp3) is 0.571. The molecule has 2 aliphatic rings. The molecule has 2 N–H and O–H groups in total. The van der Waals surface area contributed by atoms with Crippen LogP contribution in [0.4, 0.5) is 10.1 Å². The zero-order chi connectivity index (χ0) is 15.0. The first-order chi connectivity index (χ1) is 10.1. The van der Waals surface area contributed by atoms with Crippen molar-refractivity contribution in [1.82, 2.24) is 10.2 Å². The van der Waals surface area contributed by atoms with Gasteiger partial charge in [0.05, 0.1) is 11.0 Å². The number of nitro groups is 1. The molecule has 21 heavy (non-hydrogen) atoms. The van der Waals surface area contributed by atoms with Gasteiger partial charge in [-0.05, 0) is 24.8 Å². The highest BCUT2D eigenvalue weighted by Crippen LogP contribution is 2.48. The summed E-state index contributed by atoms with van der Waals surface area (Å²) in [4.78, 5) is 12.4. The van der Waals surface area contributed by atoms with Gasteiger partial charge in [-0.25, -0.2) is 4.39 Å². The number of phenolic OH excluding ortho intramolecular Hbond substituents is 1. The lowest BCUT2D eigenvalue weighted by Gasteiger charge is -2.35. The second-order valence-corrected chi connectivity index (χ2v) is 5.69. The first kappa shape index (κ1) is 14.2. The predicted molar refractivity (Wildman–Crippen MR) is 74.6 cm³/mol. The Hall–Kier alpha value is -1.73. The lowest BCUT2D eigenvalue weighted by molar-refractivity contribution is -0.386. The van der Waals surface area contributed by atoms with Crippen molar-refractivity contribution in [2.75, 3.05) is 26.2 Å². The standard InChI is InChI=1S/C14H18FN3O3/c15-10-7-11(14(19)12(8-10)18(20)21)13(9-1-2-9)17-5-3-16-4-6-17/h7-9,13,16,19H,1-6H2/t13-/m0/s1. The zero-order valence-electron chi connectivity index (χ0n) is 11.6. The molecule has 1 heterocycles. The van der Waals surface area contributed by atoms with Crippen molar-refractivity contribution >= 4 is 5.69 Å². The van der Waals surface area contributed by atoms with Crippen molar-refractivity contribution in [3.63, 3.8) is 0 Å². The second-order valence-electron chi connectivity index (χ2n) is 5.69. The monoisotopic (exact) mass is 295 g/mol. The maximum atomic E-state index is 13.7. The number of benzene rings is 1. The highest BCUT2D eigenvalue weighted by Gasteiger charge is 2.39. The van der Waals surface area contributed by atoms with Crippen LogP contribution in [0.5, 0.6) is 5.75 Å². The van der Waals surface area contributed by atoms with Crippen molar-refractivity contribution in [3.8, 4) is 5.75 Å². The minimum atomic E-state index is -0.733. The van der Waals surface area contributed by atoms with E-state index in [0.717, 1.165) is 45.1 Å². The van der Waals surface area contributed by atoms with E-state index in [0.29, 0.717) is 11.5 Å². The molecule has 0 aromatic heterocycles. The molecule has 1 saturated carbocycles. The molecule has 0 radical (unpaired) electrons. The van der Waals surface area contributed by atoms with E-state index in [2.05, 4.69) is 10.2 Å². The number of nitrogens with zero attached hydrogens (tertiary/aromatic N) is 2. The minimum Gasteiger partial charge on any atom is -0.502 e. The van der Waals surface area contributed by atoms with E-state index in [-0.39, 0.29) is 6.04 Å². The van der Waals surface area contributed by atoms with Crippen LogP contribution in [0.15, 0.2) is 12.1 Å². The Kier molecular flexibility index (Phi) is 3.77. The summed E-state index contributed by atoms with van der Waals surface area (Å²) in [7, 11) is 0. The minimum absolute atomic E-state index is 0.138. The van der Waals surface area contributed by atoms with Gasteiger partial charge in [0.15, 0.2) is 5.75 Å². The Labute approximate surface area is 121 Å². The SMILES string of the molecule is O=[N+]([O-])c1cc(F)cc([C@H](C2CC2)N2CCNCC2)c1O. The smallest absolute Gasteiger partial charge is 0.313 e. The van der Waals surface area contributed by atoms with Crippen molar-refractivity contribution in [1.29, 1.82) is 0 Å². The number of rotatable bonds is 4. The van der Waals surface area contributed by atoms with Gasteiger partial charge in [0, 0.05) is 37.8 Å². The molecule has 0 unspecified atom stereocenters. The average molecular weight is 295 g/mol. The summed E-state index contributed by atoms with van der Waals surface area (Å²) in [5.41, 5.74) is -0.197. The van der Waals surface area contributed by atoms with Crippen LogP contribution < -0.4 is 5.32 Å². The number of aromatic hydroxyl groups is 1. The maximum Gasteiger partial charge on any atom is 0.313 e. The van der Waals surface area contributed by atoms with Crippen LogP contribution in [-0.2, 0) is 0 Å². The number of nitro benzene ring substituents is 1. The van der Waals surface area contributed by atoms with E-state index in [1.165, 1.54) is 6.07 Å². The van der Waals surface area contributed by atoms with E-state index in [9.17, 15) is 19.6 Å². The highest BCUT2D eigenvalue weighted by molar-refractivity contribution is 5.52. The predicted octanol–water partition coefficient (Wildman–Crippen LogP) is 1.80. The van der Waals surface area contributed by atoms with Crippen LogP contribution in [0.3, 0.4) is 0 Å². The molecule has 0 bridgehead atoms. The molecule has 3 rings (SSSR count). The summed E-state index contributed by atoms with van der Waals surface area (Å²) in [6.07, 6.45) is 2.02. The summed E-state index contributed by atoms with van der Waals surface area (Å²) in [5.74, 6) is -0.720. The molecular weight excluding hydrogens is 277 g/mol. The van der Waals surface area contributed by atoms with E-state index in [1.807, 2.05) is 0 Å². The van der Waals surface area contributed by atoms with Crippen LogP contribution in [-0.4, -0.2) is 41.1 Å². The Morgan fingerprint density at radius 2 is 2.05 bits per heavy atom. The molecular formula is C14H18FN3O3. The van der Waals surface area contributed by atoms with Crippen LogP contribution in [0, 0.1) is 21.8 Å². The van der Waals surface area contributed by atoms with Gasteiger partial charge in [-0.2, -0.15) is 0 Å². The molecule has 114 valence electrons. The third kappa shape index (κ3) is 2.84. The average Bonchev–Trinajstić information content (AvgIpc) is 3.28. The third-order valence-corrected chi connectivity index (χ3v) is 4.21. The maximum absolute atomic E-state index is 13.7. The van der Waals surface area contributed by atoms with Crippen molar-refractivity contribution in [2.24, 2.45) is 5.92 Å². The van der Waals surface area contributed by atoms with Gasteiger partial charge in [0.2, 0.25) is 0 Å². The number of phenols is 1. The lowest BCUT2D eigenvalue weighted by atomic mass is 9.97. The lowest BCUT2D eigenvalue weighted by Crippen LogP contribution is -2.45. The van der Waals surface area contributed by atoms with Gasteiger partial charge in [0.25, 0.3) is 0 Å².